The smallest absolute Gasteiger partial charge is 0.457 e. The zero-order valence-electron chi connectivity index (χ0n) is 36.2. The van der Waals surface area contributed by atoms with Crippen LogP contribution in [0.2, 0.25) is 0 Å². The number of phosphoric acid groups is 1. The molecule has 8 nitrogen and oxygen atoms in total. The molecule has 0 aromatic rings. The number of ether oxygens (including phenoxy) is 2. The number of esters is 1. The van der Waals surface area contributed by atoms with E-state index in [2.05, 4.69) is 123 Å². The molecule has 0 bridgehead atoms. The average Bonchev–Trinajstić information content (AvgIpc) is 3.21. The van der Waals surface area contributed by atoms with Crippen molar-refractivity contribution in [2.45, 2.75) is 148 Å². The zero-order chi connectivity index (χ0) is 42.3. The van der Waals surface area contributed by atoms with Crippen molar-refractivity contribution in [2.24, 2.45) is 5.73 Å². The molecule has 0 fully saturated rings. The number of hydrogen-bond donors (Lipinski definition) is 2. The van der Waals surface area contributed by atoms with Crippen LogP contribution in [-0.2, 0) is 27.9 Å². The second-order valence-electron chi connectivity index (χ2n) is 13.8. The van der Waals surface area contributed by atoms with E-state index >= 15 is 0 Å². The third kappa shape index (κ3) is 44.0. The lowest BCUT2D eigenvalue weighted by Gasteiger charge is -2.20. The van der Waals surface area contributed by atoms with Gasteiger partial charge in [-0.05, 0) is 89.9 Å². The molecule has 0 saturated carbocycles. The quantitative estimate of drug-likeness (QED) is 0.0271. The topological polar surface area (TPSA) is 117 Å². The van der Waals surface area contributed by atoms with Crippen molar-refractivity contribution < 1.29 is 32.8 Å². The molecule has 9 heteroatoms. The van der Waals surface area contributed by atoms with Crippen LogP contribution >= 0.6 is 7.82 Å². The van der Waals surface area contributed by atoms with Crippen molar-refractivity contribution in [1.82, 2.24) is 0 Å². The number of carbonyl (C=O) groups excluding carboxylic acids is 1. The van der Waals surface area contributed by atoms with Gasteiger partial charge in [0.25, 0.3) is 0 Å². The van der Waals surface area contributed by atoms with Gasteiger partial charge in [-0.3, -0.25) is 13.8 Å². The van der Waals surface area contributed by atoms with Crippen molar-refractivity contribution >= 4 is 13.8 Å². The summed E-state index contributed by atoms with van der Waals surface area (Å²) in [5.41, 5.74) is 5.37. The number of allylic oxidation sites excluding steroid dienone is 20. The lowest BCUT2D eigenvalue weighted by atomic mass is 10.1. The second kappa shape index (κ2) is 45.0. The number of nitrogens with two attached hydrogens (primary N) is 1. The van der Waals surface area contributed by atoms with Crippen molar-refractivity contribution in [3.8, 4) is 0 Å². The highest BCUT2D eigenvalue weighted by Gasteiger charge is 2.25. The summed E-state index contributed by atoms with van der Waals surface area (Å²) in [4.78, 5) is 22.5. The first kappa shape index (κ1) is 54.9. The molecule has 0 radical (unpaired) electrons. The maximum Gasteiger partial charge on any atom is 0.472 e. The molecule has 2 unspecified atom stereocenters. The van der Waals surface area contributed by atoms with Crippen LogP contribution in [0.5, 0.6) is 0 Å². The van der Waals surface area contributed by atoms with Gasteiger partial charge in [0, 0.05) is 19.6 Å². The molecule has 328 valence electrons. The van der Waals surface area contributed by atoms with Gasteiger partial charge in [0.05, 0.1) is 19.8 Å². The molecule has 0 aliphatic rings. The zero-order valence-corrected chi connectivity index (χ0v) is 37.1. The highest BCUT2D eigenvalue weighted by atomic mass is 31.2. The Bertz CT molecular complexity index is 1290. The number of hydrogen-bond acceptors (Lipinski definition) is 7. The minimum absolute atomic E-state index is 0.0693. The van der Waals surface area contributed by atoms with Gasteiger partial charge in [-0.15, -0.1) is 0 Å². The Kier molecular flexibility index (Phi) is 42.6. The van der Waals surface area contributed by atoms with Gasteiger partial charge >= 0.3 is 13.8 Å². The molecule has 0 aliphatic carbocycles. The van der Waals surface area contributed by atoms with Crippen LogP contribution in [0.3, 0.4) is 0 Å². The Morgan fingerprint density at radius 3 is 1.36 bits per heavy atom. The Balaban J connectivity index is 4.20. The summed E-state index contributed by atoms with van der Waals surface area (Å²) in [6, 6.07) is 0. The molecule has 0 amide bonds. The number of phosphoric ester groups is 1. The minimum Gasteiger partial charge on any atom is -0.457 e. The Labute approximate surface area is 354 Å². The molecule has 0 aliphatic heterocycles. The molecule has 3 N–H and O–H groups in total. The second-order valence-corrected chi connectivity index (χ2v) is 15.2. The lowest BCUT2D eigenvalue weighted by molar-refractivity contribution is -0.154. The molecule has 0 rings (SSSR count). The first-order valence-corrected chi connectivity index (χ1v) is 23.5. The van der Waals surface area contributed by atoms with E-state index in [0.717, 1.165) is 89.9 Å². The van der Waals surface area contributed by atoms with Crippen LogP contribution in [-0.4, -0.2) is 49.9 Å². The van der Waals surface area contributed by atoms with Gasteiger partial charge < -0.3 is 20.1 Å². The van der Waals surface area contributed by atoms with E-state index in [1.165, 1.54) is 25.7 Å². The van der Waals surface area contributed by atoms with Crippen LogP contribution in [0.1, 0.15) is 142 Å². The van der Waals surface area contributed by atoms with Crippen LogP contribution in [0, 0.1) is 0 Å². The predicted octanol–water partition coefficient (Wildman–Crippen LogP) is 13.4. The Morgan fingerprint density at radius 1 is 0.517 bits per heavy atom. The fraction of sp³-hybridized carbons (Fsp3) is 0.571. The highest BCUT2D eigenvalue weighted by Crippen LogP contribution is 2.43. The van der Waals surface area contributed by atoms with E-state index in [1.807, 2.05) is 12.2 Å². The van der Waals surface area contributed by atoms with Crippen molar-refractivity contribution in [1.29, 1.82) is 0 Å². The SMILES string of the molecule is CC/C=C\C/C=C\C/C=C\C/C=C\C/C=C\C/C=C\CCC(=O)OC(COCCCCCCCCC/C=C\C/C=C\C/C=C\C/C=C\CC)COP(=O)(O)OCCN. The van der Waals surface area contributed by atoms with Gasteiger partial charge in [-0.2, -0.15) is 0 Å². The van der Waals surface area contributed by atoms with Crippen molar-refractivity contribution in [3.63, 3.8) is 0 Å². The van der Waals surface area contributed by atoms with Gasteiger partial charge in [0.1, 0.15) is 6.10 Å². The first-order chi connectivity index (χ1) is 28.4. The summed E-state index contributed by atoms with van der Waals surface area (Å²) in [6.07, 6.45) is 62.3. The highest BCUT2D eigenvalue weighted by molar-refractivity contribution is 7.47. The number of carbonyl (C=O) groups is 1. The molecule has 58 heavy (non-hydrogen) atoms. The molecule has 0 saturated heterocycles. The Morgan fingerprint density at radius 2 is 0.914 bits per heavy atom. The van der Waals surface area contributed by atoms with Crippen LogP contribution < -0.4 is 5.73 Å². The van der Waals surface area contributed by atoms with Crippen LogP contribution in [0.15, 0.2) is 122 Å². The Hall–Kier alpha value is -3.10. The maximum atomic E-state index is 12.6. The standard InChI is InChI=1S/C49H80NO7P/c1-3-5-7-9-11-13-15-17-19-21-23-25-27-29-31-33-35-37-39-41-44-54-46-48(47-56-58(52,53)55-45-43-50)57-49(51)42-40-38-36-34-32-30-28-26-24-22-20-18-16-14-12-10-8-6-4-2/h5-8,11-14,17-20,23-26,30,32,36,38,48H,3-4,9-10,15-16,21-22,27-29,31,33-35,37,39-47,50H2,1-2H3,(H,52,53)/b7-5-,8-6-,13-11-,14-12-,19-17-,20-18-,25-23-,26-24-,32-30-,38-36-. The third-order valence-corrected chi connectivity index (χ3v) is 9.37. The third-order valence-electron chi connectivity index (χ3n) is 8.39. The molecule has 2 atom stereocenters. The van der Waals surface area contributed by atoms with E-state index < -0.39 is 19.9 Å². The molecule has 0 spiro atoms. The molecule has 0 heterocycles. The van der Waals surface area contributed by atoms with Crippen LogP contribution in [0.25, 0.3) is 0 Å². The van der Waals surface area contributed by atoms with Crippen molar-refractivity contribution in [2.75, 3.05) is 33.0 Å². The lowest BCUT2D eigenvalue weighted by Crippen LogP contribution is -2.28. The largest absolute Gasteiger partial charge is 0.472 e. The van der Waals surface area contributed by atoms with Gasteiger partial charge in [-0.1, -0.05) is 167 Å². The molecular weight excluding hydrogens is 746 g/mol. The monoisotopic (exact) mass is 826 g/mol. The molecule has 0 aromatic carbocycles. The van der Waals surface area contributed by atoms with E-state index in [9.17, 15) is 14.3 Å². The summed E-state index contributed by atoms with van der Waals surface area (Å²) >= 11 is 0. The minimum atomic E-state index is -4.31. The summed E-state index contributed by atoms with van der Waals surface area (Å²) in [5, 5.41) is 0. The fourth-order valence-corrected chi connectivity index (χ4v) is 6.01. The van der Waals surface area contributed by atoms with Gasteiger partial charge in [0.2, 0.25) is 0 Å². The van der Waals surface area contributed by atoms with Gasteiger partial charge in [0.15, 0.2) is 0 Å². The summed E-state index contributed by atoms with van der Waals surface area (Å²) in [7, 11) is -4.31. The summed E-state index contributed by atoms with van der Waals surface area (Å²) in [5.74, 6) is -0.422. The normalized spacial score (nSPS) is 14.6. The van der Waals surface area contributed by atoms with Crippen LogP contribution in [0.4, 0.5) is 0 Å². The molecule has 0 aromatic heterocycles. The first-order valence-electron chi connectivity index (χ1n) is 22.0. The van der Waals surface area contributed by atoms with E-state index in [1.54, 1.807) is 0 Å². The fourth-order valence-electron chi connectivity index (χ4n) is 5.25. The van der Waals surface area contributed by atoms with E-state index in [4.69, 9.17) is 24.3 Å². The van der Waals surface area contributed by atoms with E-state index in [0.29, 0.717) is 13.0 Å². The number of rotatable bonds is 40. The van der Waals surface area contributed by atoms with Crippen molar-refractivity contribution in [3.05, 3.63) is 122 Å². The van der Waals surface area contributed by atoms with E-state index in [-0.39, 0.29) is 32.8 Å². The average molecular weight is 826 g/mol. The predicted molar refractivity (Wildman–Crippen MR) is 247 cm³/mol. The molecular formula is C49H80NO7P. The van der Waals surface area contributed by atoms with Gasteiger partial charge in [-0.25, -0.2) is 4.57 Å². The maximum absolute atomic E-state index is 12.6. The number of unbranched alkanes of at least 4 members (excludes halogenated alkanes) is 7. The summed E-state index contributed by atoms with van der Waals surface area (Å²) in [6.45, 7) is 4.52. The summed E-state index contributed by atoms with van der Waals surface area (Å²) < 4.78 is 33.4.